The highest BCUT2D eigenvalue weighted by Gasteiger charge is 2.39. The van der Waals surface area contributed by atoms with Crippen molar-refractivity contribution in [2.24, 2.45) is 17.1 Å². The molecular weight excluding hydrogens is 242 g/mol. The largest absolute Gasteiger partial charge is 0.370 e. The lowest BCUT2D eigenvalue weighted by Gasteiger charge is -2.39. The second-order valence-electron chi connectivity index (χ2n) is 5.99. The van der Waals surface area contributed by atoms with Crippen LogP contribution < -0.4 is 5.73 Å². The van der Waals surface area contributed by atoms with Crippen LogP contribution in [0.2, 0.25) is 0 Å². The first kappa shape index (κ1) is 13.1. The molecule has 0 saturated heterocycles. The second kappa shape index (κ2) is 5.21. The highest BCUT2D eigenvalue weighted by atomic mass is 16.5. The van der Waals surface area contributed by atoms with Crippen LogP contribution in [0.5, 0.6) is 0 Å². The molecule has 2 aliphatic rings. The maximum Gasteiger partial charge on any atom is 0.227 e. The standard InChI is InChI=1S/C14H23N3O2/c1-2-18-12(10-4-5-10)13-16-11(19-17-13)8-14(9-15)6-3-7-14/h10,12H,2-9,15H2,1H3. The first-order chi connectivity index (χ1) is 9.26. The molecule has 1 atom stereocenters. The zero-order chi connectivity index (χ0) is 13.3. The van der Waals surface area contributed by atoms with Gasteiger partial charge in [0, 0.05) is 13.0 Å². The molecular formula is C14H23N3O2. The van der Waals surface area contributed by atoms with Crippen molar-refractivity contribution in [3.8, 4) is 0 Å². The number of rotatable bonds is 7. The van der Waals surface area contributed by atoms with Crippen LogP contribution in [0.3, 0.4) is 0 Å². The smallest absolute Gasteiger partial charge is 0.227 e. The number of nitrogens with zero attached hydrogens (tertiary/aromatic N) is 2. The van der Waals surface area contributed by atoms with Crippen LogP contribution in [-0.4, -0.2) is 23.3 Å². The van der Waals surface area contributed by atoms with E-state index in [1.54, 1.807) is 0 Å². The van der Waals surface area contributed by atoms with Crippen molar-refractivity contribution in [3.05, 3.63) is 11.7 Å². The van der Waals surface area contributed by atoms with E-state index in [9.17, 15) is 0 Å². The quantitative estimate of drug-likeness (QED) is 0.818. The molecule has 1 aromatic rings. The molecule has 0 aliphatic heterocycles. The summed E-state index contributed by atoms with van der Waals surface area (Å²) in [6, 6.07) is 0. The van der Waals surface area contributed by atoms with E-state index in [2.05, 4.69) is 10.1 Å². The van der Waals surface area contributed by atoms with Gasteiger partial charge < -0.3 is 15.0 Å². The Kier molecular flexibility index (Phi) is 3.58. The number of nitrogens with two attached hydrogens (primary N) is 1. The van der Waals surface area contributed by atoms with Crippen molar-refractivity contribution in [1.82, 2.24) is 10.1 Å². The zero-order valence-electron chi connectivity index (χ0n) is 11.6. The lowest BCUT2D eigenvalue weighted by molar-refractivity contribution is 0.0384. The normalized spacial score (nSPS) is 23.1. The van der Waals surface area contributed by atoms with Crippen LogP contribution in [0.25, 0.3) is 0 Å². The van der Waals surface area contributed by atoms with Gasteiger partial charge in [-0.05, 0) is 50.5 Å². The van der Waals surface area contributed by atoms with E-state index in [-0.39, 0.29) is 11.5 Å². The fraction of sp³-hybridized carbons (Fsp3) is 0.857. The van der Waals surface area contributed by atoms with Crippen LogP contribution in [0.1, 0.15) is 56.8 Å². The Morgan fingerprint density at radius 1 is 1.47 bits per heavy atom. The maximum atomic E-state index is 5.87. The molecule has 5 nitrogen and oxygen atoms in total. The van der Waals surface area contributed by atoms with Crippen LogP contribution in [-0.2, 0) is 11.2 Å². The van der Waals surface area contributed by atoms with Gasteiger partial charge in [0.2, 0.25) is 11.7 Å². The Bertz CT molecular complexity index is 419. The summed E-state index contributed by atoms with van der Waals surface area (Å²) in [5.41, 5.74) is 6.09. The SMILES string of the molecule is CCOC(c1noc(CC2(CN)CCC2)n1)C1CC1. The lowest BCUT2D eigenvalue weighted by Crippen LogP contribution is -2.39. The maximum absolute atomic E-state index is 5.87. The molecule has 2 saturated carbocycles. The van der Waals surface area contributed by atoms with Gasteiger partial charge in [-0.15, -0.1) is 0 Å². The average molecular weight is 265 g/mol. The van der Waals surface area contributed by atoms with Crippen molar-refractivity contribution in [3.63, 3.8) is 0 Å². The van der Waals surface area contributed by atoms with Crippen LogP contribution in [0.4, 0.5) is 0 Å². The predicted octanol–water partition coefficient (Wildman–Crippen LogP) is 2.23. The molecule has 5 heteroatoms. The van der Waals surface area contributed by atoms with Gasteiger partial charge in [-0.25, -0.2) is 0 Å². The fourth-order valence-electron chi connectivity index (χ4n) is 2.91. The van der Waals surface area contributed by atoms with Gasteiger partial charge in [0.15, 0.2) is 0 Å². The third kappa shape index (κ3) is 2.67. The van der Waals surface area contributed by atoms with Crippen molar-refractivity contribution < 1.29 is 9.26 Å². The second-order valence-corrected chi connectivity index (χ2v) is 5.99. The topological polar surface area (TPSA) is 74.2 Å². The third-order valence-electron chi connectivity index (χ3n) is 4.51. The van der Waals surface area contributed by atoms with E-state index < -0.39 is 0 Å². The molecule has 0 bridgehead atoms. The van der Waals surface area contributed by atoms with E-state index in [0.29, 0.717) is 19.1 Å². The average Bonchev–Trinajstić information content (AvgIpc) is 3.11. The predicted molar refractivity (Wildman–Crippen MR) is 70.4 cm³/mol. The summed E-state index contributed by atoms with van der Waals surface area (Å²) in [7, 11) is 0. The van der Waals surface area contributed by atoms with E-state index in [0.717, 1.165) is 18.1 Å². The molecule has 1 aromatic heterocycles. The molecule has 0 aromatic carbocycles. The van der Waals surface area contributed by atoms with Gasteiger partial charge in [-0.3, -0.25) is 0 Å². The molecule has 0 amide bonds. The molecule has 2 aliphatic carbocycles. The summed E-state index contributed by atoms with van der Waals surface area (Å²) in [5.74, 6) is 2.04. The monoisotopic (exact) mass is 265 g/mol. The Labute approximate surface area is 113 Å². The molecule has 2 N–H and O–H groups in total. The molecule has 19 heavy (non-hydrogen) atoms. The highest BCUT2D eigenvalue weighted by molar-refractivity contribution is 5.02. The first-order valence-electron chi connectivity index (χ1n) is 7.40. The summed E-state index contributed by atoms with van der Waals surface area (Å²) in [4.78, 5) is 4.55. The van der Waals surface area contributed by atoms with Crippen molar-refractivity contribution in [1.29, 1.82) is 0 Å². The first-order valence-corrected chi connectivity index (χ1v) is 7.40. The van der Waals surface area contributed by atoms with Gasteiger partial charge in [-0.2, -0.15) is 4.98 Å². The van der Waals surface area contributed by atoms with E-state index >= 15 is 0 Å². The third-order valence-corrected chi connectivity index (χ3v) is 4.51. The van der Waals surface area contributed by atoms with Crippen LogP contribution in [0, 0.1) is 11.3 Å². The van der Waals surface area contributed by atoms with Gasteiger partial charge >= 0.3 is 0 Å². The summed E-state index contributed by atoms with van der Waals surface area (Å²) in [6.45, 7) is 3.41. The van der Waals surface area contributed by atoms with Gasteiger partial charge in [-0.1, -0.05) is 11.6 Å². The molecule has 1 unspecified atom stereocenters. The molecule has 0 spiro atoms. The lowest BCUT2D eigenvalue weighted by atomic mass is 9.67. The van der Waals surface area contributed by atoms with Gasteiger partial charge in [0.05, 0.1) is 0 Å². The summed E-state index contributed by atoms with van der Waals surface area (Å²) < 4.78 is 11.2. The van der Waals surface area contributed by atoms with Gasteiger partial charge in [0.25, 0.3) is 0 Å². The molecule has 1 heterocycles. The van der Waals surface area contributed by atoms with Crippen molar-refractivity contribution in [2.75, 3.05) is 13.2 Å². The zero-order valence-corrected chi connectivity index (χ0v) is 11.6. The number of hydrogen-bond acceptors (Lipinski definition) is 5. The molecule has 2 fully saturated rings. The summed E-state index contributed by atoms with van der Waals surface area (Å²) in [6.07, 6.45) is 6.89. The Morgan fingerprint density at radius 2 is 2.26 bits per heavy atom. The summed E-state index contributed by atoms with van der Waals surface area (Å²) in [5, 5.41) is 4.12. The van der Waals surface area contributed by atoms with Gasteiger partial charge in [0.1, 0.15) is 6.10 Å². The minimum Gasteiger partial charge on any atom is -0.370 e. The van der Waals surface area contributed by atoms with Crippen molar-refractivity contribution in [2.45, 2.75) is 51.6 Å². The summed E-state index contributed by atoms with van der Waals surface area (Å²) >= 11 is 0. The molecule has 106 valence electrons. The van der Waals surface area contributed by atoms with Crippen LogP contribution in [0.15, 0.2) is 4.52 Å². The Hall–Kier alpha value is -0.940. The van der Waals surface area contributed by atoms with E-state index in [1.807, 2.05) is 6.92 Å². The van der Waals surface area contributed by atoms with E-state index in [1.165, 1.54) is 32.1 Å². The molecule has 3 rings (SSSR count). The Balaban J connectivity index is 1.68. The minimum atomic E-state index is 0.0257. The highest BCUT2D eigenvalue weighted by Crippen LogP contribution is 2.44. The number of hydrogen-bond donors (Lipinski definition) is 1. The fourth-order valence-corrected chi connectivity index (χ4v) is 2.91. The Morgan fingerprint density at radius 3 is 2.79 bits per heavy atom. The van der Waals surface area contributed by atoms with Crippen molar-refractivity contribution >= 4 is 0 Å². The van der Waals surface area contributed by atoms with Crippen LogP contribution >= 0.6 is 0 Å². The minimum absolute atomic E-state index is 0.0257. The number of ether oxygens (including phenoxy) is 1. The van der Waals surface area contributed by atoms with E-state index in [4.69, 9.17) is 15.0 Å². The molecule has 0 radical (unpaired) electrons. The number of aromatic nitrogens is 2.